The van der Waals surface area contributed by atoms with Crippen molar-refractivity contribution in [3.05, 3.63) is 48.0 Å². The Labute approximate surface area is 109 Å². The SMILES string of the molecule is CC(O)CCCNCc1ccc2ccccc2c1. The van der Waals surface area contributed by atoms with Crippen LogP contribution in [-0.4, -0.2) is 17.8 Å². The minimum absolute atomic E-state index is 0.188. The molecule has 2 heteroatoms. The maximum atomic E-state index is 9.16. The number of benzene rings is 2. The molecule has 0 aliphatic heterocycles. The second-order valence-corrected chi connectivity index (χ2v) is 4.85. The van der Waals surface area contributed by atoms with Gasteiger partial charge in [0.25, 0.3) is 0 Å². The smallest absolute Gasteiger partial charge is 0.0512 e. The second kappa shape index (κ2) is 6.53. The molecule has 2 N–H and O–H groups in total. The number of aliphatic hydroxyl groups is 1. The van der Waals surface area contributed by atoms with E-state index in [-0.39, 0.29) is 6.10 Å². The predicted molar refractivity (Wildman–Crippen MR) is 76.6 cm³/mol. The van der Waals surface area contributed by atoms with Crippen molar-refractivity contribution in [2.45, 2.75) is 32.4 Å². The van der Waals surface area contributed by atoms with Gasteiger partial charge >= 0.3 is 0 Å². The molecule has 0 fully saturated rings. The zero-order valence-corrected chi connectivity index (χ0v) is 10.9. The fourth-order valence-electron chi connectivity index (χ4n) is 2.10. The Bertz CT molecular complexity index is 493. The van der Waals surface area contributed by atoms with Crippen LogP contribution in [0.3, 0.4) is 0 Å². The molecule has 0 heterocycles. The first-order valence-electron chi connectivity index (χ1n) is 6.62. The van der Waals surface area contributed by atoms with Gasteiger partial charge in [-0.25, -0.2) is 0 Å². The number of hydrogen-bond acceptors (Lipinski definition) is 2. The molecule has 0 saturated heterocycles. The van der Waals surface area contributed by atoms with Gasteiger partial charge in [0.15, 0.2) is 0 Å². The van der Waals surface area contributed by atoms with Crippen LogP contribution in [0.5, 0.6) is 0 Å². The first kappa shape index (κ1) is 13.1. The zero-order valence-electron chi connectivity index (χ0n) is 10.9. The van der Waals surface area contributed by atoms with Crippen LogP contribution in [0.4, 0.5) is 0 Å². The largest absolute Gasteiger partial charge is 0.393 e. The summed E-state index contributed by atoms with van der Waals surface area (Å²) >= 11 is 0. The van der Waals surface area contributed by atoms with Gasteiger partial charge in [-0.2, -0.15) is 0 Å². The molecule has 0 aliphatic rings. The number of rotatable bonds is 6. The normalized spacial score (nSPS) is 12.8. The van der Waals surface area contributed by atoms with Gasteiger partial charge in [-0.15, -0.1) is 0 Å². The van der Waals surface area contributed by atoms with Crippen molar-refractivity contribution in [3.63, 3.8) is 0 Å². The number of nitrogens with one attached hydrogen (secondary N) is 1. The van der Waals surface area contributed by atoms with Crippen molar-refractivity contribution in [3.8, 4) is 0 Å². The molecule has 1 atom stereocenters. The van der Waals surface area contributed by atoms with E-state index in [1.807, 2.05) is 6.92 Å². The average Bonchev–Trinajstić information content (AvgIpc) is 2.38. The van der Waals surface area contributed by atoms with Gasteiger partial charge < -0.3 is 10.4 Å². The van der Waals surface area contributed by atoms with Crippen LogP contribution >= 0.6 is 0 Å². The minimum atomic E-state index is -0.188. The monoisotopic (exact) mass is 243 g/mol. The lowest BCUT2D eigenvalue weighted by atomic mass is 10.1. The zero-order chi connectivity index (χ0) is 12.8. The summed E-state index contributed by atoms with van der Waals surface area (Å²) in [5.41, 5.74) is 1.31. The molecular formula is C16H21NO. The highest BCUT2D eigenvalue weighted by Crippen LogP contribution is 2.15. The first-order valence-corrected chi connectivity index (χ1v) is 6.62. The summed E-state index contributed by atoms with van der Waals surface area (Å²) in [7, 11) is 0. The van der Waals surface area contributed by atoms with Gasteiger partial charge in [0, 0.05) is 6.54 Å². The van der Waals surface area contributed by atoms with Gasteiger partial charge in [-0.3, -0.25) is 0 Å². The third-order valence-corrected chi connectivity index (χ3v) is 3.12. The first-order chi connectivity index (χ1) is 8.75. The third-order valence-electron chi connectivity index (χ3n) is 3.12. The molecule has 96 valence electrons. The third kappa shape index (κ3) is 3.83. The van der Waals surface area contributed by atoms with Crippen LogP contribution in [-0.2, 0) is 6.54 Å². The highest BCUT2D eigenvalue weighted by atomic mass is 16.3. The molecule has 1 unspecified atom stereocenters. The lowest BCUT2D eigenvalue weighted by Crippen LogP contribution is -2.16. The summed E-state index contributed by atoms with van der Waals surface area (Å²) in [5, 5.41) is 15.1. The van der Waals surface area contributed by atoms with Gasteiger partial charge in [-0.05, 0) is 48.7 Å². The summed E-state index contributed by atoms with van der Waals surface area (Å²) in [4.78, 5) is 0. The number of hydrogen-bond donors (Lipinski definition) is 2. The summed E-state index contributed by atoms with van der Waals surface area (Å²) in [5.74, 6) is 0. The van der Waals surface area contributed by atoms with E-state index in [1.165, 1.54) is 16.3 Å². The van der Waals surface area contributed by atoms with Gasteiger partial charge in [0.05, 0.1) is 6.10 Å². The van der Waals surface area contributed by atoms with Crippen LogP contribution in [0.25, 0.3) is 10.8 Å². The Morgan fingerprint density at radius 1 is 1.11 bits per heavy atom. The average molecular weight is 243 g/mol. The topological polar surface area (TPSA) is 32.3 Å². The van der Waals surface area contributed by atoms with E-state index in [1.54, 1.807) is 0 Å². The van der Waals surface area contributed by atoms with Gasteiger partial charge in [-0.1, -0.05) is 36.4 Å². The highest BCUT2D eigenvalue weighted by molar-refractivity contribution is 5.82. The van der Waals surface area contributed by atoms with Crippen molar-refractivity contribution >= 4 is 10.8 Å². The molecule has 2 nitrogen and oxygen atoms in total. The minimum Gasteiger partial charge on any atom is -0.393 e. The van der Waals surface area contributed by atoms with Crippen LogP contribution < -0.4 is 5.32 Å². The van der Waals surface area contributed by atoms with Crippen molar-refractivity contribution in [1.29, 1.82) is 0 Å². The number of aliphatic hydroxyl groups excluding tert-OH is 1. The van der Waals surface area contributed by atoms with E-state index in [4.69, 9.17) is 5.11 Å². The Morgan fingerprint density at radius 3 is 2.67 bits per heavy atom. The van der Waals surface area contributed by atoms with Crippen LogP contribution in [0.15, 0.2) is 42.5 Å². The number of fused-ring (bicyclic) bond motifs is 1. The predicted octanol–water partition coefficient (Wildman–Crippen LogP) is 3.09. The van der Waals surface area contributed by atoms with E-state index in [2.05, 4.69) is 47.8 Å². The van der Waals surface area contributed by atoms with Crippen LogP contribution in [0, 0.1) is 0 Å². The van der Waals surface area contributed by atoms with Gasteiger partial charge in [0.2, 0.25) is 0 Å². The molecule has 0 aliphatic carbocycles. The van der Waals surface area contributed by atoms with E-state index in [0.717, 1.165) is 25.9 Å². The summed E-state index contributed by atoms with van der Waals surface area (Å²) < 4.78 is 0. The molecule has 2 rings (SSSR count). The summed E-state index contributed by atoms with van der Waals surface area (Å²) in [6, 6.07) is 15.0. The fraction of sp³-hybridized carbons (Fsp3) is 0.375. The lowest BCUT2D eigenvalue weighted by Gasteiger charge is -2.07. The molecule has 0 aromatic heterocycles. The molecule has 0 amide bonds. The Balaban J connectivity index is 1.84. The van der Waals surface area contributed by atoms with E-state index in [0.29, 0.717) is 0 Å². The Kier molecular flexibility index (Phi) is 4.73. The molecule has 0 radical (unpaired) electrons. The van der Waals surface area contributed by atoms with Crippen LogP contribution in [0.2, 0.25) is 0 Å². The Morgan fingerprint density at radius 2 is 1.89 bits per heavy atom. The van der Waals surface area contributed by atoms with Crippen LogP contribution in [0.1, 0.15) is 25.3 Å². The standard InChI is InChI=1S/C16H21NO/c1-13(18)5-4-10-17-12-14-8-9-15-6-2-3-7-16(15)11-14/h2-3,6-9,11,13,17-18H,4-5,10,12H2,1H3. The van der Waals surface area contributed by atoms with Crippen molar-refractivity contribution in [2.24, 2.45) is 0 Å². The maximum absolute atomic E-state index is 9.16. The molecule has 2 aromatic rings. The second-order valence-electron chi connectivity index (χ2n) is 4.85. The molecule has 0 spiro atoms. The maximum Gasteiger partial charge on any atom is 0.0512 e. The van der Waals surface area contributed by atoms with E-state index < -0.39 is 0 Å². The molecule has 2 aromatic carbocycles. The lowest BCUT2D eigenvalue weighted by molar-refractivity contribution is 0.181. The fourth-order valence-corrected chi connectivity index (χ4v) is 2.10. The summed E-state index contributed by atoms with van der Waals surface area (Å²) in [6.45, 7) is 3.69. The molecule has 18 heavy (non-hydrogen) atoms. The summed E-state index contributed by atoms with van der Waals surface area (Å²) in [6.07, 6.45) is 1.70. The van der Waals surface area contributed by atoms with Crippen molar-refractivity contribution in [2.75, 3.05) is 6.54 Å². The van der Waals surface area contributed by atoms with Crippen molar-refractivity contribution in [1.82, 2.24) is 5.32 Å². The quantitative estimate of drug-likeness (QED) is 0.764. The Hall–Kier alpha value is -1.38. The molecule has 0 saturated carbocycles. The molecular weight excluding hydrogens is 222 g/mol. The van der Waals surface area contributed by atoms with E-state index in [9.17, 15) is 0 Å². The van der Waals surface area contributed by atoms with Gasteiger partial charge in [0.1, 0.15) is 0 Å². The van der Waals surface area contributed by atoms with E-state index >= 15 is 0 Å². The van der Waals surface area contributed by atoms with Crippen molar-refractivity contribution < 1.29 is 5.11 Å². The molecule has 0 bridgehead atoms. The highest BCUT2D eigenvalue weighted by Gasteiger charge is 1.97.